The maximum Gasteiger partial charge on any atom is 0.251 e. The molecule has 174 valence electrons. The van der Waals surface area contributed by atoms with Gasteiger partial charge < -0.3 is 10.3 Å². The molecule has 7 heteroatoms. The van der Waals surface area contributed by atoms with Crippen LogP contribution in [-0.4, -0.2) is 45.9 Å². The molecule has 2 aromatic heterocycles. The van der Waals surface area contributed by atoms with Gasteiger partial charge in [-0.1, -0.05) is 0 Å². The van der Waals surface area contributed by atoms with Gasteiger partial charge in [0.2, 0.25) is 0 Å². The Balaban J connectivity index is 1.24. The van der Waals surface area contributed by atoms with Gasteiger partial charge in [-0.25, -0.2) is 9.37 Å². The van der Waals surface area contributed by atoms with Crippen molar-refractivity contribution in [2.45, 2.75) is 37.6 Å². The minimum Gasteiger partial charge on any atom is -0.355 e. The third-order valence-electron chi connectivity index (χ3n) is 7.44. The van der Waals surface area contributed by atoms with E-state index < -0.39 is 0 Å². The quantitative estimate of drug-likeness (QED) is 0.445. The maximum absolute atomic E-state index is 13.9. The van der Waals surface area contributed by atoms with Crippen molar-refractivity contribution in [1.29, 1.82) is 0 Å². The molecule has 0 unspecified atom stereocenters. The van der Waals surface area contributed by atoms with Crippen LogP contribution in [0.5, 0.6) is 0 Å². The number of likely N-dealkylation sites (tertiary alicyclic amines) is 1. The third kappa shape index (κ3) is 3.84. The first kappa shape index (κ1) is 21.2. The molecule has 1 amide bonds. The van der Waals surface area contributed by atoms with Crippen LogP contribution in [-0.2, 0) is 0 Å². The Bertz CT molecular complexity index is 1370. The Hall–Kier alpha value is -3.32. The number of hydrogen-bond donors (Lipinski definition) is 2. The fourth-order valence-corrected chi connectivity index (χ4v) is 5.55. The number of aromatic amines is 1. The third-order valence-corrected chi connectivity index (χ3v) is 7.44. The second kappa shape index (κ2) is 8.47. The summed E-state index contributed by atoms with van der Waals surface area (Å²) in [5.41, 5.74) is 4.50. The number of fused-ring (bicyclic) bond motifs is 2. The number of piperidine rings is 1. The van der Waals surface area contributed by atoms with E-state index in [9.17, 15) is 9.18 Å². The number of carbonyl (C=O) groups is 1. The molecule has 1 atom stereocenters. The van der Waals surface area contributed by atoms with Crippen LogP contribution >= 0.6 is 0 Å². The average molecular weight is 458 g/mol. The van der Waals surface area contributed by atoms with Crippen LogP contribution in [0.15, 0.2) is 48.7 Å². The molecule has 2 fully saturated rings. The number of halogens is 1. The smallest absolute Gasteiger partial charge is 0.251 e. The van der Waals surface area contributed by atoms with E-state index in [-0.39, 0.29) is 17.8 Å². The number of benzene rings is 2. The van der Waals surface area contributed by atoms with Crippen molar-refractivity contribution in [3.63, 3.8) is 0 Å². The van der Waals surface area contributed by atoms with Gasteiger partial charge in [0.05, 0.1) is 22.6 Å². The van der Waals surface area contributed by atoms with Gasteiger partial charge >= 0.3 is 0 Å². The topological polar surface area (TPSA) is 73.9 Å². The minimum atomic E-state index is -0.211. The van der Waals surface area contributed by atoms with Crippen molar-refractivity contribution in [2.75, 3.05) is 20.1 Å². The van der Waals surface area contributed by atoms with E-state index in [0.29, 0.717) is 17.4 Å². The van der Waals surface area contributed by atoms with E-state index in [0.717, 1.165) is 53.7 Å². The largest absolute Gasteiger partial charge is 0.355 e. The lowest BCUT2D eigenvalue weighted by molar-refractivity contribution is 0.0963. The predicted octanol–water partition coefficient (Wildman–Crippen LogP) is 4.94. The molecule has 1 saturated heterocycles. The summed E-state index contributed by atoms with van der Waals surface area (Å²) in [7, 11) is 1.64. The van der Waals surface area contributed by atoms with Gasteiger partial charge in [-0.2, -0.15) is 0 Å². The first-order valence-electron chi connectivity index (χ1n) is 12.1. The summed E-state index contributed by atoms with van der Waals surface area (Å²) in [4.78, 5) is 27.5. The summed E-state index contributed by atoms with van der Waals surface area (Å²) in [6, 6.07) is 12.8. The Kier molecular flexibility index (Phi) is 5.29. The highest BCUT2D eigenvalue weighted by Crippen LogP contribution is 2.46. The van der Waals surface area contributed by atoms with E-state index in [4.69, 9.17) is 4.98 Å². The number of amides is 1. The molecule has 3 heterocycles. The SMILES string of the molecule is CNC(=O)c1ccc2nc([C@@H](C3CC3)N3CCC(c4ccnc5ccc(F)cc45)CC3)[nH]c2c1. The zero-order valence-corrected chi connectivity index (χ0v) is 19.2. The van der Waals surface area contributed by atoms with Crippen LogP contribution in [0.1, 0.15) is 59.4 Å². The molecular weight excluding hydrogens is 429 g/mol. The van der Waals surface area contributed by atoms with Crippen LogP contribution in [0.3, 0.4) is 0 Å². The van der Waals surface area contributed by atoms with Crippen molar-refractivity contribution >= 4 is 27.8 Å². The standard InChI is InChI=1S/C27H28FN5O/c1-29-27(34)18-4-6-23-24(14-18)32-26(31-23)25(17-2-3-17)33-12-9-16(10-13-33)20-8-11-30-22-7-5-19(28)15-21(20)22/h4-8,11,14-17,25H,2-3,9-10,12-13H2,1H3,(H,29,34)(H,31,32)/t25-/m1/s1. The highest BCUT2D eigenvalue weighted by atomic mass is 19.1. The number of nitrogens with zero attached hydrogens (tertiary/aromatic N) is 3. The molecule has 1 aliphatic heterocycles. The summed E-state index contributed by atoms with van der Waals surface area (Å²) in [5, 5.41) is 3.62. The molecule has 6 nitrogen and oxygen atoms in total. The number of rotatable bonds is 5. The number of nitrogens with one attached hydrogen (secondary N) is 2. The van der Waals surface area contributed by atoms with Crippen molar-refractivity contribution in [2.24, 2.45) is 5.92 Å². The number of imidazole rings is 1. The molecule has 2 aliphatic rings. The average Bonchev–Trinajstić information content (AvgIpc) is 3.61. The van der Waals surface area contributed by atoms with Crippen LogP contribution in [0.2, 0.25) is 0 Å². The first-order chi connectivity index (χ1) is 16.6. The number of hydrogen-bond acceptors (Lipinski definition) is 4. The lowest BCUT2D eigenvalue weighted by Gasteiger charge is -2.37. The molecule has 2 N–H and O–H groups in total. The summed E-state index contributed by atoms with van der Waals surface area (Å²) in [6.07, 6.45) is 6.34. The molecule has 1 saturated carbocycles. The maximum atomic E-state index is 13.9. The van der Waals surface area contributed by atoms with E-state index in [1.807, 2.05) is 24.4 Å². The summed E-state index contributed by atoms with van der Waals surface area (Å²) in [6.45, 7) is 1.96. The predicted molar refractivity (Wildman–Crippen MR) is 130 cm³/mol. The zero-order chi connectivity index (χ0) is 23.2. The number of H-pyrrole nitrogens is 1. The summed E-state index contributed by atoms with van der Waals surface area (Å²) in [5.74, 6) is 1.71. The molecule has 4 aromatic rings. The molecule has 6 rings (SSSR count). The van der Waals surface area contributed by atoms with E-state index in [1.54, 1.807) is 19.2 Å². The van der Waals surface area contributed by atoms with Crippen molar-refractivity contribution in [1.82, 2.24) is 25.2 Å². The van der Waals surface area contributed by atoms with Crippen LogP contribution < -0.4 is 5.32 Å². The molecule has 2 aromatic carbocycles. The first-order valence-corrected chi connectivity index (χ1v) is 12.1. The number of pyridine rings is 1. The van der Waals surface area contributed by atoms with Gasteiger partial charge in [-0.15, -0.1) is 0 Å². The van der Waals surface area contributed by atoms with Crippen LogP contribution in [0.25, 0.3) is 21.9 Å². The lowest BCUT2D eigenvalue weighted by Crippen LogP contribution is -2.37. The molecule has 0 radical (unpaired) electrons. The fourth-order valence-electron chi connectivity index (χ4n) is 5.55. The Labute approximate surface area is 197 Å². The second-order valence-corrected chi connectivity index (χ2v) is 9.59. The molecule has 34 heavy (non-hydrogen) atoms. The van der Waals surface area contributed by atoms with Crippen molar-refractivity contribution in [3.8, 4) is 0 Å². The summed E-state index contributed by atoms with van der Waals surface area (Å²) >= 11 is 0. The Morgan fingerprint density at radius 3 is 2.65 bits per heavy atom. The van der Waals surface area contributed by atoms with Crippen LogP contribution in [0, 0.1) is 11.7 Å². The van der Waals surface area contributed by atoms with Crippen molar-refractivity contribution < 1.29 is 9.18 Å². The normalized spacial score (nSPS) is 18.4. The zero-order valence-electron chi connectivity index (χ0n) is 19.2. The number of aromatic nitrogens is 3. The van der Waals surface area contributed by atoms with Gasteiger partial charge in [-0.05, 0) is 98.6 Å². The summed E-state index contributed by atoms with van der Waals surface area (Å²) < 4.78 is 13.9. The van der Waals surface area contributed by atoms with E-state index in [1.165, 1.54) is 24.5 Å². The van der Waals surface area contributed by atoms with Crippen LogP contribution in [0.4, 0.5) is 4.39 Å². The van der Waals surface area contributed by atoms with Gasteiger partial charge in [0.15, 0.2) is 0 Å². The Morgan fingerprint density at radius 1 is 1.09 bits per heavy atom. The highest BCUT2D eigenvalue weighted by Gasteiger charge is 2.39. The molecule has 0 spiro atoms. The highest BCUT2D eigenvalue weighted by molar-refractivity contribution is 5.97. The molecule has 1 aliphatic carbocycles. The van der Waals surface area contributed by atoms with E-state index in [2.05, 4.69) is 26.3 Å². The second-order valence-electron chi connectivity index (χ2n) is 9.59. The Morgan fingerprint density at radius 2 is 1.88 bits per heavy atom. The van der Waals surface area contributed by atoms with Crippen molar-refractivity contribution in [3.05, 3.63) is 71.4 Å². The van der Waals surface area contributed by atoms with E-state index >= 15 is 0 Å². The fraction of sp³-hybridized carbons (Fsp3) is 0.370. The molecule has 0 bridgehead atoms. The van der Waals surface area contributed by atoms with Gasteiger partial charge in [0, 0.05) is 24.2 Å². The van der Waals surface area contributed by atoms with Gasteiger partial charge in [0.25, 0.3) is 5.91 Å². The monoisotopic (exact) mass is 457 g/mol. The van der Waals surface area contributed by atoms with Gasteiger partial charge in [0.1, 0.15) is 11.6 Å². The van der Waals surface area contributed by atoms with Gasteiger partial charge in [-0.3, -0.25) is 14.7 Å². The lowest BCUT2D eigenvalue weighted by atomic mass is 9.86. The minimum absolute atomic E-state index is 0.0950. The number of carbonyl (C=O) groups excluding carboxylic acids is 1. The molecular formula is C27H28FN5O.